The zero-order valence-corrected chi connectivity index (χ0v) is 10.6. The molecule has 0 aliphatic heterocycles. The lowest BCUT2D eigenvalue weighted by atomic mass is 10.1. The molecule has 2 rings (SSSR count). The van der Waals surface area contributed by atoms with Gasteiger partial charge in [0.2, 0.25) is 0 Å². The average molecular weight is 290 g/mol. The summed E-state index contributed by atoms with van der Waals surface area (Å²) in [5, 5.41) is 16.1. The molecule has 0 aromatic heterocycles. The minimum atomic E-state index is -4.49. The van der Waals surface area contributed by atoms with Crippen molar-refractivity contribution in [2.45, 2.75) is 6.18 Å². The minimum Gasteiger partial charge on any atom is -0.260 e. The number of halogens is 3. The smallest absolute Gasteiger partial charge is 0.260 e. The predicted octanol–water partition coefficient (Wildman–Crippen LogP) is 4.69. The number of rotatable bonds is 3. The highest BCUT2D eigenvalue weighted by Crippen LogP contribution is 2.33. The van der Waals surface area contributed by atoms with E-state index in [-0.39, 0.29) is 11.3 Å². The zero-order valence-electron chi connectivity index (χ0n) is 10.6. The fourth-order valence-electron chi connectivity index (χ4n) is 1.53. The van der Waals surface area contributed by atoms with E-state index in [0.717, 1.165) is 18.2 Å². The van der Waals surface area contributed by atoms with Crippen molar-refractivity contribution < 1.29 is 13.2 Å². The molecule has 0 unspecified atom stereocenters. The van der Waals surface area contributed by atoms with Crippen LogP contribution in [-0.2, 0) is 6.18 Å². The van der Waals surface area contributed by atoms with Crippen LogP contribution in [0.5, 0.6) is 0 Å². The van der Waals surface area contributed by atoms with Gasteiger partial charge in [0.1, 0.15) is 11.8 Å². The first-order valence-corrected chi connectivity index (χ1v) is 5.84. The van der Waals surface area contributed by atoms with Crippen molar-refractivity contribution >= 4 is 11.4 Å². The van der Waals surface area contributed by atoms with E-state index in [1.807, 2.05) is 6.07 Å². The van der Waals surface area contributed by atoms with E-state index in [4.69, 9.17) is 5.26 Å². The largest absolute Gasteiger partial charge is 0.416 e. The van der Waals surface area contributed by atoms with Crippen molar-refractivity contribution in [3.8, 4) is 6.07 Å². The van der Waals surface area contributed by atoms with Crippen LogP contribution < -0.4 is 5.43 Å². The molecule has 1 N–H and O–H groups in total. The Bertz CT molecular complexity index is 688. The number of anilines is 1. The van der Waals surface area contributed by atoms with Crippen molar-refractivity contribution in [2.24, 2.45) is 10.3 Å². The number of alkyl halides is 3. The summed E-state index contributed by atoms with van der Waals surface area (Å²) in [5.41, 5.74) is 2.19. The summed E-state index contributed by atoms with van der Waals surface area (Å²) in [6, 6.07) is 13.2. The van der Waals surface area contributed by atoms with E-state index in [2.05, 4.69) is 15.8 Å². The summed E-state index contributed by atoms with van der Waals surface area (Å²) < 4.78 is 37.9. The van der Waals surface area contributed by atoms with Crippen molar-refractivity contribution in [3.05, 3.63) is 59.7 Å². The average Bonchev–Trinajstić information content (AvgIpc) is 2.47. The lowest BCUT2D eigenvalue weighted by Crippen LogP contribution is -2.04. The van der Waals surface area contributed by atoms with Crippen LogP contribution in [0.2, 0.25) is 0 Å². The molecule has 0 saturated heterocycles. The fourth-order valence-corrected chi connectivity index (χ4v) is 1.53. The third kappa shape index (κ3) is 3.79. The van der Waals surface area contributed by atoms with Crippen LogP contribution in [0.25, 0.3) is 0 Å². The van der Waals surface area contributed by atoms with E-state index in [0.29, 0.717) is 5.69 Å². The topological polar surface area (TPSA) is 60.5 Å². The Hall–Kier alpha value is -2.88. The number of nitrogens with zero attached hydrogens (tertiary/aromatic N) is 3. The molecule has 7 heteroatoms. The van der Waals surface area contributed by atoms with Crippen molar-refractivity contribution in [2.75, 3.05) is 5.43 Å². The van der Waals surface area contributed by atoms with Crippen molar-refractivity contribution in [1.29, 1.82) is 5.26 Å². The monoisotopic (exact) mass is 290 g/mol. The van der Waals surface area contributed by atoms with E-state index < -0.39 is 11.7 Å². The summed E-state index contributed by atoms with van der Waals surface area (Å²) in [6.45, 7) is 0. The molecule has 21 heavy (non-hydrogen) atoms. The van der Waals surface area contributed by atoms with Crippen LogP contribution in [0.4, 0.5) is 24.5 Å². The normalized spacial score (nSPS) is 11.3. The second-order valence-electron chi connectivity index (χ2n) is 4.02. The maximum absolute atomic E-state index is 12.6. The summed E-state index contributed by atoms with van der Waals surface area (Å²) in [5.74, 6) is 0. The number of benzene rings is 2. The van der Waals surface area contributed by atoms with Crippen molar-refractivity contribution in [3.63, 3.8) is 0 Å². The Morgan fingerprint density at radius 2 is 1.76 bits per heavy atom. The maximum atomic E-state index is 12.6. The van der Waals surface area contributed by atoms with Gasteiger partial charge < -0.3 is 0 Å². The summed E-state index contributed by atoms with van der Waals surface area (Å²) in [6.07, 6.45) is -4.49. The predicted molar refractivity (Wildman–Crippen MR) is 70.7 cm³/mol. The number of nitriles is 1. The summed E-state index contributed by atoms with van der Waals surface area (Å²) >= 11 is 0. The second kappa shape index (κ2) is 6.05. The Morgan fingerprint density at radius 1 is 1.05 bits per heavy atom. The zero-order chi connectivity index (χ0) is 15.3. The molecule has 0 aliphatic rings. The lowest BCUT2D eigenvalue weighted by molar-refractivity contribution is -0.137. The van der Waals surface area contributed by atoms with Gasteiger partial charge in [-0.3, -0.25) is 5.43 Å². The molecule has 0 amide bonds. The van der Waals surface area contributed by atoms with Crippen LogP contribution in [0.3, 0.4) is 0 Å². The van der Waals surface area contributed by atoms with Gasteiger partial charge in [0.25, 0.3) is 0 Å². The maximum Gasteiger partial charge on any atom is 0.416 e. The van der Waals surface area contributed by atoms with Gasteiger partial charge in [-0.05, 0) is 30.3 Å². The molecule has 0 atom stereocenters. The summed E-state index contributed by atoms with van der Waals surface area (Å²) in [4.78, 5) is 0. The second-order valence-corrected chi connectivity index (χ2v) is 4.02. The molecule has 0 spiro atoms. The molecule has 0 radical (unpaired) electrons. The van der Waals surface area contributed by atoms with Crippen LogP contribution in [-0.4, -0.2) is 0 Å². The molecule has 0 fully saturated rings. The molecule has 2 aromatic rings. The number of hydrogen-bond acceptors (Lipinski definition) is 3. The Kier molecular flexibility index (Phi) is 4.18. The molecule has 106 valence electrons. The Balaban J connectivity index is 2.24. The third-order valence-corrected chi connectivity index (χ3v) is 2.56. The van der Waals surface area contributed by atoms with Gasteiger partial charge in [-0.15, -0.1) is 5.11 Å². The number of nitrogens with one attached hydrogen (secondary N) is 1. The van der Waals surface area contributed by atoms with Crippen LogP contribution in [0.15, 0.2) is 58.9 Å². The highest BCUT2D eigenvalue weighted by molar-refractivity contribution is 5.55. The minimum absolute atomic E-state index is 0.0154. The van der Waals surface area contributed by atoms with Crippen LogP contribution in [0.1, 0.15) is 11.1 Å². The van der Waals surface area contributed by atoms with Gasteiger partial charge in [0.05, 0.1) is 16.8 Å². The van der Waals surface area contributed by atoms with Gasteiger partial charge in [0, 0.05) is 0 Å². The van der Waals surface area contributed by atoms with Crippen LogP contribution in [0, 0.1) is 11.3 Å². The van der Waals surface area contributed by atoms with E-state index >= 15 is 0 Å². The molecule has 4 nitrogen and oxygen atoms in total. The van der Waals surface area contributed by atoms with Crippen LogP contribution >= 0.6 is 0 Å². The third-order valence-electron chi connectivity index (χ3n) is 2.56. The molecule has 0 heterocycles. The Labute approximate surface area is 118 Å². The highest BCUT2D eigenvalue weighted by Gasteiger charge is 2.31. The first kappa shape index (κ1) is 14.5. The number of hydrogen-bond donors (Lipinski definition) is 1. The Morgan fingerprint density at radius 3 is 2.38 bits per heavy atom. The molecular weight excluding hydrogens is 281 g/mol. The lowest BCUT2D eigenvalue weighted by Gasteiger charge is -2.07. The van der Waals surface area contributed by atoms with Gasteiger partial charge in [-0.2, -0.15) is 18.4 Å². The number of para-hydroxylation sites is 1. The first-order chi connectivity index (χ1) is 10.0. The molecule has 0 bridgehead atoms. The molecule has 0 saturated carbocycles. The van der Waals surface area contributed by atoms with E-state index in [9.17, 15) is 13.2 Å². The van der Waals surface area contributed by atoms with Gasteiger partial charge in [-0.1, -0.05) is 23.4 Å². The van der Waals surface area contributed by atoms with Crippen molar-refractivity contribution in [1.82, 2.24) is 0 Å². The van der Waals surface area contributed by atoms with Gasteiger partial charge in [-0.25, -0.2) is 0 Å². The SMILES string of the molecule is N#Cc1ccc(C(F)(F)F)cc1/N=N\Nc1ccccc1. The quantitative estimate of drug-likeness (QED) is 0.658. The molecular formula is C14H9F3N4. The molecule has 2 aromatic carbocycles. The summed E-state index contributed by atoms with van der Waals surface area (Å²) in [7, 11) is 0. The fraction of sp³-hybridized carbons (Fsp3) is 0.0714. The van der Waals surface area contributed by atoms with E-state index in [1.165, 1.54) is 0 Å². The molecule has 0 aliphatic carbocycles. The standard InChI is InChI=1S/C14H9F3N4/c15-14(16,17)11-7-6-10(9-18)13(8-11)20-21-19-12-4-2-1-3-5-12/h1-8H,(H,19,20). The van der Waals surface area contributed by atoms with Gasteiger partial charge >= 0.3 is 6.18 Å². The highest BCUT2D eigenvalue weighted by atomic mass is 19.4. The first-order valence-electron chi connectivity index (χ1n) is 5.84. The van der Waals surface area contributed by atoms with Gasteiger partial charge in [0.15, 0.2) is 0 Å². The van der Waals surface area contributed by atoms with E-state index in [1.54, 1.807) is 30.3 Å².